The van der Waals surface area contributed by atoms with Crippen molar-refractivity contribution in [1.29, 1.82) is 0 Å². The quantitative estimate of drug-likeness (QED) is 0.731. The predicted octanol–water partition coefficient (Wildman–Crippen LogP) is 1.44. The molecule has 0 amide bonds. The Bertz CT molecular complexity index is 317. The van der Waals surface area contributed by atoms with Crippen LogP contribution in [0.4, 0.5) is 0 Å². The molecule has 0 aliphatic carbocycles. The van der Waals surface area contributed by atoms with Gasteiger partial charge in [0.25, 0.3) is 0 Å². The minimum atomic E-state index is 0.825. The minimum Gasteiger partial charge on any atom is -0.497 e. The highest BCUT2D eigenvalue weighted by molar-refractivity contribution is 5.27. The second kappa shape index (κ2) is 6.62. The molecule has 1 saturated heterocycles. The van der Waals surface area contributed by atoms with E-state index in [1.54, 1.807) is 7.11 Å². The van der Waals surface area contributed by atoms with E-state index in [1.165, 1.54) is 25.1 Å². The molecule has 0 bridgehead atoms. The van der Waals surface area contributed by atoms with Crippen LogP contribution in [-0.2, 0) is 6.42 Å². The van der Waals surface area contributed by atoms with Crippen molar-refractivity contribution in [1.82, 2.24) is 10.6 Å². The van der Waals surface area contributed by atoms with Crippen molar-refractivity contribution in [2.24, 2.45) is 5.92 Å². The van der Waals surface area contributed by atoms with Gasteiger partial charge in [0.15, 0.2) is 0 Å². The van der Waals surface area contributed by atoms with Crippen LogP contribution in [0, 0.1) is 5.92 Å². The van der Waals surface area contributed by atoms with E-state index in [9.17, 15) is 0 Å². The largest absolute Gasteiger partial charge is 0.497 e. The lowest BCUT2D eigenvalue weighted by Crippen LogP contribution is -2.26. The van der Waals surface area contributed by atoms with E-state index >= 15 is 0 Å². The van der Waals surface area contributed by atoms with Gasteiger partial charge in [-0.1, -0.05) is 12.1 Å². The fraction of sp³-hybridized carbons (Fsp3) is 0.571. The summed E-state index contributed by atoms with van der Waals surface area (Å²) < 4.78 is 5.14. The molecule has 1 atom stereocenters. The average molecular weight is 234 g/mol. The number of ether oxygens (including phenoxy) is 1. The van der Waals surface area contributed by atoms with Gasteiger partial charge in [0, 0.05) is 0 Å². The van der Waals surface area contributed by atoms with Crippen LogP contribution >= 0.6 is 0 Å². The fourth-order valence-corrected chi connectivity index (χ4v) is 2.22. The van der Waals surface area contributed by atoms with Crippen molar-refractivity contribution in [3.63, 3.8) is 0 Å². The van der Waals surface area contributed by atoms with Crippen molar-refractivity contribution in [2.45, 2.75) is 12.8 Å². The van der Waals surface area contributed by atoms with Gasteiger partial charge in [-0.3, -0.25) is 0 Å². The van der Waals surface area contributed by atoms with Crippen molar-refractivity contribution in [2.75, 3.05) is 33.3 Å². The van der Waals surface area contributed by atoms with E-state index in [0.717, 1.165) is 31.2 Å². The average Bonchev–Trinajstić information content (AvgIpc) is 2.88. The molecule has 1 unspecified atom stereocenters. The van der Waals surface area contributed by atoms with Crippen LogP contribution < -0.4 is 15.4 Å². The van der Waals surface area contributed by atoms with Gasteiger partial charge in [-0.2, -0.15) is 0 Å². The Morgan fingerprint density at radius 2 is 2.18 bits per heavy atom. The van der Waals surface area contributed by atoms with Gasteiger partial charge in [-0.25, -0.2) is 0 Å². The highest BCUT2D eigenvalue weighted by Gasteiger charge is 2.12. The normalized spacial score (nSPS) is 19.5. The summed E-state index contributed by atoms with van der Waals surface area (Å²) in [6, 6.07) is 8.32. The molecule has 1 aliphatic rings. The fourth-order valence-electron chi connectivity index (χ4n) is 2.22. The first-order valence-corrected chi connectivity index (χ1v) is 6.43. The third kappa shape index (κ3) is 4.02. The first-order valence-electron chi connectivity index (χ1n) is 6.43. The molecule has 0 radical (unpaired) electrons. The lowest BCUT2D eigenvalue weighted by atomic mass is 10.1. The Kier molecular flexibility index (Phi) is 4.83. The second-order valence-electron chi connectivity index (χ2n) is 4.66. The standard InChI is InChI=1S/C14H22N2O/c1-17-14-4-2-12(3-5-14)6-8-15-10-13-7-9-16-11-13/h2-5,13,15-16H,6-11H2,1H3. The zero-order chi connectivity index (χ0) is 11.9. The van der Waals surface area contributed by atoms with Gasteiger partial charge < -0.3 is 15.4 Å². The highest BCUT2D eigenvalue weighted by atomic mass is 16.5. The van der Waals surface area contributed by atoms with Crippen molar-refractivity contribution in [3.8, 4) is 5.75 Å². The topological polar surface area (TPSA) is 33.3 Å². The van der Waals surface area contributed by atoms with Crippen LogP contribution in [0.3, 0.4) is 0 Å². The lowest BCUT2D eigenvalue weighted by molar-refractivity contribution is 0.414. The molecule has 0 aromatic heterocycles. The SMILES string of the molecule is COc1ccc(CCNCC2CCNC2)cc1. The Labute approximate surface area is 104 Å². The number of nitrogens with one attached hydrogen (secondary N) is 2. The van der Waals surface area contributed by atoms with E-state index in [0.29, 0.717) is 0 Å². The first kappa shape index (κ1) is 12.4. The molecule has 0 spiro atoms. The van der Waals surface area contributed by atoms with Gasteiger partial charge in [-0.05, 0) is 62.6 Å². The molecular weight excluding hydrogens is 212 g/mol. The summed E-state index contributed by atoms with van der Waals surface area (Å²) in [6.07, 6.45) is 2.40. The minimum absolute atomic E-state index is 0.825. The predicted molar refractivity (Wildman–Crippen MR) is 70.5 cm³/mol. The first-order chi connectivity index (χ1) is 8.38. The maximum absolute atomic E-state index is 5.14. The van der Waals surface area contributed by atoms with E-state index in [-0.39, 0.29) is 0 Å². The number of benzene rings is 1. The molecule has 1 heterocycles. The van der Waals surface area contributed by atoms with E-state index in [1.807, 2.05) is 12.1 Å². The molecule has 1 aromatic rings. The summed E-state index contributed by atoms with van der Waals surface area (Å²) in [5.74, 6) is 1.75. The van der Waals surface area contributed by atoms with Gasteiger partial charge in [0.1, 0.15) is 5.75 Å². The molecule has 2 rings (SSSR count). The summed E-state index contributed by atoms with van der Waals surface area (Å²) in [7, 11) is 1.70. The number of hydrogen-bond acceptors (Lipinski definition) is 3. The van der Waals surface area contributed by atoms with Crippen molar-refractivity contribution < 1.29 is 4.74 Å². The van der Waals surface area contributed by atoms with Crippen molar-refractivity contribution >= 4 is 0 Å². The summed E-state index contributed by atoms with van der Waals surface area (Å²) in [5, 5.41) is 6.92. The lowest BCUT2D eigenvalue weighted by Gasteiger charge is -2.10. The smallest absolute Gasteiger partial charge is 0.118 e. The van der Waals surface area contributed by atoms with Gasteiger partial charge in [0.2, 0.25) is 0 Å². The summed E-state index contributed by atoms with van der Waals surface area (Å²) in [6.45, 7) is 4.56. The summed E-state index contributed by atoms with van der Waals surface area (Å²) >= 11 is 0. The van der Waals surface area contributed by atoms with Gasteiger partial charge in [0.05, 0.1) is 7.11 Å². The molecule has 0 saturated carbocycles. The van der Waals surface area contributed by atoms with Gasteiger partial charge in [-0.15, -0.1) is 0 Å². The number of methoxy groups -OCH3 is 1. The molecule has 1 aliphatic heterocycles. The summed E-state index contributed by atoms with van der Waals surface area (Å²) in [4.78, 5) is 0. The zero-order valence-corrected chi connectivity index (χ0v) is 10.5. The molecular formula is C14H22N2O. The molecule has 2 N–H and O–H groups in total. The van der Waals surface area contributed by atoms with E-state index in [4.69, 9.17) is 4.74 Å². The molecule has 94 valence electrons. The third-order valence-corrected chi connectivity index (χ3v) is 3.34. The van der Waals surface area contributed by atoms with Gasteiger partial charge >= 0.3 is 0 Å². The number of hydrogen-bond donors (Lipinski definition) is 2. The second-order valence-corrected chi connectivity index (χ2v) is 4.66. The number of rotatable bonds is 6. The van der Waals surface area contributed by atoms with Crippen LogP contribution in [0.25, 0.3) is 0 Å². The zero-order valence-electron chi connectivity index (χ0n) is 10.5. The molecule has 1 aromatic carbocycles. The van der Waals surface area contributed by atoms with E-state index in [2.05, 4.69) is 22.8 Å². The summed E-state index contributed by atoms with van der Waals surface area (Å²) in [5.41, 5.74) is 1.36. The van der Waals surface area contributed by atoms with Crippen LogP contribution in [0.15, 0.2) is 24.3 Å². The molecule has 17 heavy (non-hydrogen) atoms. The Hall–Kier alpha value is -1.06. The Morgan fingerprint density at radius 1 is 1.35 bits per heavy atom. The third-order valence-electron chi connectivity index (χ3n) is 3.34. The maximum Gasteiger partial charge on any atom is 0.118 e. The monoisotopic (exact) mass is 234 g/mol. The maximum atomic E-state index is 5.14. The Morgan fingerprint density at radius 3 is 2.82 bits per heavy atom. The van der Waals surface area contributed by atoms with Crippen LogP contribution in [0.1, 0.15) is 12.0 Å². The molecule has 1 fully saturated rings. The molecule has 3 nitrogen and oxygen atoms in total. The van der Waals surface area contributed by atoms with Crippen LogP contribution in [-0.4, -0.2) is 33.3 Å². The van der Waals surface area contributed by atoms with Crippen molar-refractivity contribution in [3.05, 3.63) is 29.8 Å². The van der Waals surface area contributed by atoms with Crippen LogP contribution in [0.5, 0.6) is 5.75 Å². The van der Waals surface area contributed by atoms with Crippen LogP contribution in [0.2, 0.25) is 0 Å². The Balaban J connectivity index is 1.63. The van der Waals surface area contributed by atoms with E-state index < -0.39 is 0 Å². The molecule has 3 heteroatoms. The highest BCUT2D eigenvalue weighted by Crippen LogP contribution is 2.11.